The Morgan fingerprint density at radius 2 is 0.852 bits per heavy atom. The van der Waals surface area contributed by atoms with E-state index >= 15 is 0 Å². The standard InChI is InChI=1S/C71H119N2O7P/c1-7-10-13-16-19-22-25-27-29-31-32-33-34-35-36-37-38-39-40-42-44-46-49-52-55-58-61-64-71(75)80-69(62-59-56-53-50-47-24-21-18-15-12-9-3)68(67-79-81(76,77)78-66-65-73(4,5)6)72-70(74)63-60-57-54-51-48-45-43-41-30-28-26-23-20-17-14-11-8-2/h10-11,13-14,17,19-20,22-23,26-30,32-33,35-36,41,43,45,48,59,62,68-69H,7-9,12,15-16,18,21,24-25,31,34,37-40,42,44,46-47,49-58,60-61,63-67H2,1-6H3,(H-,72,74,76,77)/b13-10-,14-11-,20-17+,22-19-,26-23+,29-27-,30-28-,33-32-,36-35-,43-41+,48-45+,62-59-. The zero-order chi connectivity index (χ0) is 59.3. The third-order valence-corrected chi connectivity index (χ3v) is 14.4. The van der Waals surface area contributed by atoms with Gasteiger partial charge in [0.2, 0.25) is 5.91 Å². The number of nitrogens with zero attached hydrogens (tertiary/aromatic N) is 1. The van der Waals surface area contributed by atoms with E-state index in [2.05, 4.69) is 99.0 Å². The number of esters is 1. The second-order valence-electron chi connectivity index (χ2n) is 22.3. The van der Waals surface area contributed by atoms with Crippen LogP contribution < -0.4 is 10.2 Å². The van der Waals surface area contributed by atoms with Crippen LogP contribution in [0.3, 0.4) is 0 Å². The first kappa shape index (κ1) is 76.9. The van der Waals surface area contributed by atoms with Crippen LogP contribution in [0.25, 0.3) is 0 Å². The van der Waals surface area contributed by atoms with Crippen LogP contribution in [-0.2, 0) is 27.9 Å². The van der Waals surface area contributed by atoms with E-state index in [9.17, 15) is 19.0 Å². The fourth-order valence-corrected chi connectivity index (χ4v) is 9.24. The number of nitrogens with one attached hydrogen (secondary N) is 1. The van der Waals surface area contributed by atoms with Crippen molar-refractivity contribution in [1.82, 2.24) is 5.32 Å². The summed E-state index contributed by atoms with van der Waals surface area (Å²) in [4.78, 5) is 40.0. The van der Waals surface area contributed by atoms with Crippen LogP contribution in [0, 0.1) is 0 Å². The molecule has 0 spiro atoms. The maximum absolute atomic E-state index is 13.5. The number of amides is 1. The number of hydrogen-bond acceptors (Lipinski definition) is 7. The molecule has 0 radical (unpaired) electrons. The highest BCUT2D eigenvalue weighted by Crippen LogP contribution is 2.38. The van der Waals surface area contributed by atoms with Gasteiger partial charge in [0.25, 0.3) is 7.82 Å². The van der Waals surface area contributed by atoms with Crippen LogP contribution in [0.4, 0.5) is 0 Å². The van der Waals surface area contributed by atoms with Crippen molar-refractivity contribution in [2.45, 2.75) is 251 Å². The fourth-order valence-electron chi connectivity index (χ4n) is 8.52. The first-order chi connectivity index (χ1) is 39.4. The van der Waals surface area contributed by atoms with Crippen molar-refractivity contribution in [3.63, 3.8) is 0 Å². The van der Waals surface area contributed by atoms with Crippen molar-refractivity contribution in [2.24, 2.45) is 0 Å². The van der Waals surface area contributed by atoms with Gasteiger partial charge in [-0.05, 0) is 96.0 Å². The molecule has 1 N–H and O–H groups in total. The number of hydrogen-bond donors (Lipinski definition) is 1. The lowest BCUT2D eigenvalue weighted by molar-refractivity contribution is -0.870. The first-order valence-corrected chi connectivity index (χ1v) is 33.7. The third kappa shape index (κ3) is 60.3. The van der Waals surface area contributed by atoms with Gasteiger partial charge in [0.05, 0.1) is 33.8 Å². The Morgan fingerprint density at radius 1 is 0.457 bits per heavy atom. The molecule has 0 heterocycles. The summed E-state index contributed by atoms with van der Waals surface area (Å²) in [5.74, 6) is -0.606. The lowest BCUT2D eigenvalue weighted by Gasteiger charge is -2.30. The summed E-state index contributed by atoms with van der Waals surface area (Å²) in [6.45, 7) is 6.52. The Morgan fingerprint density at radius 3 is 1.35 bits per heavy atom. The number of carbonyl (C=O) groups excluding carboxylic acids is 2. The fraction of sp³-hybridized carbons (Fsp3) is 0.634. The highest BCUT2D eigenvalue weighted by molar-refractivity contribution is 7.45. The number of carbonyl (C=O) groups is 2. The van der Waals surface area contributed by atoms with Gasteiger partial charge in [0, 0.05) is 12.8 Å². The topological polar surface area (TPSA) is 114 Å². The number of phosphoric ester groups is 1. The van der Waals surface area contributed by atoms with Crippen LogP contribution in [0.1, 0.15) is 239 Å². The lowest BCUT2D eigenvalue weighted by atomic mass is 10.0. The highest BCUT2D eigenvalue weighted by Gasteiger charge is 2.27. The number of unbranched alkanes of at least 4 members (excludes halogenated alkanes) is 23. The van der Waals surface area contributed by atoms with Crippen LogP contribution in [-0.4, -0.2) is 69.4 Å². The molecule has 460 valence electrons. The highest BCUT2D eigenvalue weighted by atomic mass is 31.2. The molecule has 3 unspecified atom stereocenters. The molecule has 0 saturated carbocycles. The summed E-state index contributed by atoms with van der Waals surface area (Å²) in [5, 5.41) is 3.00. The number of likely N-dealkylation sites (N-methyl/N-ethyl adjacent to an activating group) is 1. The van der Waals surface area contributed by atoms with Gasteiger partial charge in [-0.2, -0.15) is 0 Å². The monoisotopic (exact) mass is 1140 g/mol. The second-order valence-corrected chi connectivity index (χ2v) is 23.7. The van der Waals surface area contributed by atoms with Gasteiger partial charge in [0.1, 0.15) is 19.3 Å². The molecule has 0 saturated heterocycles. The maximum Gasteiger partial charge on any atom is 0.306 e. The van der Waals surface area contributed by atoms with Crippen LogP contribution in [0.2, 0.25) is 0 Å². The van der Waals surface area contributed by atoms with E-state index in [1.807, 2.05) is 94.1 Å². The first-order valence-electron chi connectivity index (χ1n) is 32.2. The van der Waals surface area contributed by atoms with Gasteiger partial charge in [-0.25, -0.2) is 0 Å². The molecule has 0 aliphatic rings. The Balaban J connectivity index is 5.16. The van der Waals surface area contributed by atoms with E-state index in [1.165, 1.54) is 89.9 Å². The largest absolute Gasteiger partial charge is 0.756 e. The normalized spacial score (nSPS) is 14.6. The summed E-state index contributed by atoms with van der Waals surface area (Å²) < 4.78 is 30.3. The molecule has 0 aromatic heterocycles. The number of rotatable bonds is 56. The van der Waals surface area contributed by atoms with Gasteiger partial charge in [-0.3, -0.25) is 14.2 Å². The third-order valence-electron chi connectivity index (χ3n) is 13.4. The van der Waals surface area contributed by atoms with Crippen LogP contribution >= 0.6 is 7.82 Å². The van der Waals surface area contributed by atoms with Crippen molar-refractivity contribution < 1.29 is 37.3 Å². The van der Waals surface area contributed by atoms with E-state index in [-0.39, 0.29) is 31.3 Å². The zero-order valence-corrected chi connectivity index (χ0v) is 53.3. The zero-order valence-electron chi connectivity index (χ0n) is 52.4. The summed E-state index contributed by atoms with van der Waals surface area (Å²) in [6, 6.07) is -0.923. The van der Waals surface area contributed by atoms with Gasteiger partial charge in [0.15, 0.2) is 0 Å². The average Bonchev–Trinajstić information content (AvgIpc) is 3.44. The molecule has 0 aromatic carbocycles. The smallest absolute Gasteiger partial charge is 0.306 e. The van der Waals surface area contributed by atoms with Crippen LogP contribution in [0.5, 0.6) is 0 Å². The van der Waals surface area contributed by atoms with Gasteiger partial charge in [-0.1, -0.05) is 276 Å². The van der Waals surface area contributed by atoms with E-state index in [4.69, 9.17) is 13.8 Å². The van der Waals surface area contributed by atoms with E-state index in [0.29, 0.717) is 23.9 Å². The molecule has 10 heteroatoms. The number of allylic oxidation sites excluding steroid dienone is 23. The van der Waals surface area contributed by atoms with Crippen molar-refractivity contribution in [3.8, 4) is 0 Å². The van der Waals surface area contributed by atoms with Crippen molar-refractivity contribution in [3.05, 3.63) is 146 Å². The molecule has 1 amide bonds. The SMILES string of the molecule is CC\C=C/C=C/C=C/C=C\C=C\C=C\CCCCCC(=O)NC(COP(=O)([O-])OCC[N+](C)(C)C)C(/C=C\CCCCCCCCCCC)OC(=O)CCCCCCCCCCCCC/C=C\C/C=C\C/C=C\C/C=C\C/C=C\CC. The summed E-state index contributed by atoms with van der Waals surface area (Å²) in [7, 11) is 1.13. The maximum atomic E-state index is 13.5. The molecule has 0 rings (SSSR count). The van der Waals surface area contributed by atoms with Crippen molar-refractivity contribution in [2.75, 3.05) is 40.9 Å². The number of ether oxygens (including phenoxy) is 1. The molecule has 0 bridgehead atoms. The summed E-state index contributed by atoms with van der Waals surface area (Å²) in [6.07, 6.45) is 85.4. The van der Waals surface area contributed by atoms with Crippen LogP contribution in [0.15, 0.2) is 146 Å². The molecule has 0 fully saturated rings. The average molecular weight is 1140 g/mol. The minimum atomic E-state index is -4.72. The molecular formula is C71H119N2O7P. The molecular weight excluding hydrogens is 1020 g/mol. The molecule has 3 atom stereocenters. The number of quaternary nitrogens is 1. The van der Waals surface area contributed by atoms with E-state index in [0.717, 1.165) is 103 Å². The lowest BCUT2D eigenvalue weighted by Crippen LogP contribution is -2.47. The minimum Gasteiger partial charge on any atom is -0.756 e. The summed E-state index contributed by atoms with van der Waals surface area (Å²) >= 11 is 0. The number of phosphoric acid groups is 1. The van der Waals surface area contributed by atoms with E-state index < -0.39 is 26.6 Å². The molecule has 81 heavy (non-hydrogen) atoms. The Labute approximate surface area is 498 Å². The Hall–Kier alpha value is -4.11. The van der Waals surface area contributed by atoms with Gasteiger partial charge in [-0.15, -0.1) is 0 Å². The quantitative estimate of drug-likeness (QED) is 0.0161. The molecule has 0 aliphatic carbocycles. The van der Waals surface area contributed by atoms with Gasteiger partial charge >= 0.3 is 5.97 Å². The summed E-state index contributed by atoms with van der Waals surface area (Å²) in [5.41, 5.74) is 0. The predicted octanol–water partition coefficient (Wildman–Crippen LogP) is 19.6. The second kappa shape index (κ2) is 59.1. The molecule has 0 aromatic rings. The van der Waals surface area contributed by atoms with Gasteiger partial charge < -0.3 is 28.5 Å². The van der Waals surface area contributed by atoms with Crippen molar-refractivity contribution in [1.29, 1.82) is 0 Å². The molecule has 0 aliphatic heterocycles. The molecule has 9 nitrogen and oxygen atoms in total. The van der Waals surface area contributed by atoms with Crippen molar-refractivity contribution >= 4 is 19.7 Å². The minimum absolute atomic E-state index is 0.0401. The Kier molecular flexibility index (Phi) is 56.1. The predicted molar refractivity (Wildman–Crippen MR) is 348 cm³/mol. The van der Waals surface area contributed by atoms with E-state index in [1.54, 1.807) is 0 Å². The Bertz CT molecular complexity index is 1890.